The molecule has 0 spiro atoms. The van der Waals surface area contributed by atoms with Crippen LogP contribution in [0.25, 0.3) is 0 Å². The van der Waals surface area contributed by atoms with Crippen LogP contribution < -0.4 is 0 Å². The second-order valence-electron chi connectivity index (χ2n) is 7.63. The highest BCUT2D eigenvalue weighted by Crippen LogP contribution is 2.32. The average Bonchev–Trinajstić information content (AvgIpc) is 3.16. The van der Waals surface area contributed by atoms with E-state index in [4.69, 9.17) is 0 Å². The van der Waals surface area contributed by atoms with Crippen LogP contribution in [0.15, 0.2) is 43.0 Å². The van der Waals surface area contributed by atoms with Crippen molar-refractivity contribution in [2.75, 3.05) is 32.7 Å². The maximum Gasteiger partial charge on any atom is 0.222 e. The first-order valence-electron chi connectivity index (χ1n) is 9.91. The largest absolute Gasteiger partial charge is 0.342 e. The normalized spacial score (nSPS) is 22.2. The fourth-order valence-electron chi connectivity index (χ4n) is 4.36. The molecule has 2 saturated heterocycles. The van der Waals surface area contributed by atoms with Gasteiger partial charge in [0.2, 0.25) is 5.91 Å². The first-order valence-corrected chi connectivity index (χ1v) is 9.91. The zero-order valence-electron chi connectivity index (χ0n) is 15.4. The minimum atomic E-state index is 0.322. The molecule has 2 aliphatic heterocycles. The van der Waals surface area contributed by atoms with Gasteiger partial charge in [-0.25, -0.2) is 0 Å². The Morgan fingerprint density at radius 3 is 2.52 bits per heavy atom. The number of likely N-dealkylation sites (tertiary alicyclic amines) is 2. The van der Waals surface area contributed by atoms with Crippen LogP contribution in [-0.4, -0.2) is 48.4 Å². The molecule has 1 atom stereocenters. The number of amides is 1. The van der Waals surface area contributed by atoms with E-state index in [0.29, 0.717) is 12.3 Å². The molecule has 0 radical (unpaired) electrons. The molecular weight excluding hydrogens is 308 g/mol. The summed E-state index contributed by atoms with van der Waals surface area (Å²) >= 11 is 0. The Morgan fingerprint density at radius 2 is 1.80 bits per heavy atom. The number of carbonyl (C=O) groups excluding carboxylic acids is 1. The van der Waals surface area contributed by atoms with Crippen molar-refractivity contribution in [3.63, 3.8) is 0 Å². The van der Waals surface area contributed by atoms with Gasteiger partial charge in [-0.05, 0) is 62.6 Å². The number of hydrogen-bond acceptors (Lipinski definition) is 2. The Kier molecular flexibility index (Phi) is 6.69. The van der Waals surface area contributed by atoms with E-state index in [2.05, 4.69) is 46.7 Å². The van der Waals surface area contributed by atoms with Gasteiger partial charge >= 0.3 is 0 Å². The summed E-state index contributed by atoms with van der Waals surface area (Å²) in [5.41, 5.74) is 1.44. The summed E-state index contributed by atoms with van der Waals surface area (Å²) in [5, 5.41) is 0. The van der Waals surface area contributed by atoms with E-state index >= 15 is 0 Å². The van der Waals surface area contributed by atoms with E-state index < -0.39 is 0 Å². The number of piperidine rings is 1. The molecule has 1 amide bonds. The van der Waals surface area contributed by atoms with Crippen LogP contribution in [-0.2, 0) is 11.2 Å². The van der Waals surface area contributed by atoms with Crippen molar-refractivity contribution in [2.24, 2.45) is 11.8 Å². The van der Waals surface area contributed by atoms with Gasteiger partial charge in [0.05, 0.1) is 0 Å². The van der Waals surface area contributed by atoms with E-state index in [-0.39, 0.29) is 0 Å². The third-order valence-corrected chi connectivity index (χ3v) is 6.00. The topological polar surface area (TPSA) is 23.6 Å². The Balaban J connectivity index is 1.38. The van der Waals surface area contributed by atoms with Crippen molar-refractivity contribution in [3.8, 4) is 0 Å². The average molecular weight is 341 g/mol. The molecule has 0 bridgehead atoms. The second kappa shape index (κ2) is 9.19. The molecular formula is C22H32N2O. The van der Waals surface area contributed by atoms with Crippen LogP contribution in [0.5, 0.6) is 0 Å². The van der Waals surface area contributed by atoms with Crippen molar-refractivity contribution in [1.82, 2.24) is 9.80 Å². The molecule has 2 heterocycles. The molecule has 0 unspecified atom stereocenters. The molecule has 136 valence electrons. The van der Waals surface area contributed by atoms with Crippen LogP contribution >= 0.6 is 0 Å². The number of nitrogens with zero attached hydrogens (tertiary/aromatic N) is 2. The first kappa shape index (κ1) is 18.2. The van der Waals surface area contributed by atoms with E-state index in [9.17, 15) is 4.79 Å². The van der Waals surface area contributed by atoms with Gasteiger partial charge < -0.3 is 9.80 Å². The number of benzene rings is 1. The molecule has 3 rings (SSSR count). The zero-order chi connectivity index (χ0) is 17.5. The standard InChI is InChI=1S/C22H32N2O/c1-2-3-9-22(25)24-17-13-21(18-24)20-11-15-23(16-12-20)14-10-19-7-5-4-6-8-19/h2,4-8,20-21H,1,3,9-18H2/t21-/m1/s1. The van der Waals surface area contributed by atoms with E-state index in [0.717, 1.165) is 37.8 Å². The van der Waals surface area contributed by atoms with Gasteiger partial charge in [0.25, 0.3) is 0 Å². The Morgan fingerprint density at radius 1 is 1.08 bits per heavy atom. The number of allylic oxidation sites excluding steroid dienone is 1. The second-order valence-corrected chi connectivity index (χ2v) is 7.63. The van der Waals surface area contributed by atoms with Crippen LogP contribution in [0.3, 0.4) is 0 Å². The molecule has 0 N–H and O–H groups in total. The predicted octanol–water partition coefficient (Wildman–Crippen LogP) is 3.76. The quantitative estimate of drug-likeness (QED) is 0.706. The van der Waals surface area contributed by atoms with Gasteiger partial charge in [0.15, 0.2) is 0 Å². The molecule has 0 saturated carbocycles. The molecule has 1 aromatic carbocycles. The summed E-state index contributed by atoms with van der Waals surface area (Å²) in [6, 6.07) is 10.8. The van der Waals surface area contributed by atoms with Crippen molar-refractivity contribution in [3.05, 3.63) is 48.6 Å². The molecule has 3 heteroatoms. The molecule has 25 heavy (non-hydrogen) atoms. The van der Waals surface area contributed by atoms with Crippen molar-refractivity contribution >= 4 is 5.91 Å². The summed E-state index contributed by atoms with van der Waals surface area (Å²) in [5.74, 6) is 1.86. The summed E-state index contributed by atoms with van der Waals surface area (Å²) in [7, 11) is 0. The molecule has 2 aliphatic rings. The summed E-state index contributed by atoms with van der Waals surface area (Å²) < 4.78 is 0. The monoisotopic (exact) mass is 340 g/mol. The minimum Gasteiger partial charge on any atom is -0.342 e. The minimum absolute atomic E-state index is 0.322. The fraction of sp³-hybridized carbons (Fsp3) is 0.591. The van der Waals surface area contributed by atoms with E-state index in [1.54, 1.807) is 0 Å². The molecule has 3 nitrogen and oxygen atoms in total. The first-order chi connectivity index (χ1) is 12.3. The zero-order valence-corrected chi connectivity index (χ0v) is 15.4. The number of rotatable bonds is 7. The molecule has 1 aromatic rings. The number of hydrogen-bond donors (Lipinski definition) is 0. The van der Waals surface area contributed by atoms with Crippen LogP contribution in [0.1, 0.15) is 37.7 Å². The third kappa shape index (κ3) is 5.18. The van der Waals surface area contributed by atoms with Gasteiger partial charge in [-0.1, -0.05) is 36.4 Å². The highest BCUT2D eigenvalue weighted by Gasteiger charge is 2.33. The smallest absolute Gasteiger partial charge is 0.222 e. The SMILES string of the molecule is C=CCCC(=O)N1CC[C@@H](C2CCN(CCc3ccccc3)CC2)C1. The van der Waals surface area contributed by atoms with Crippen molar-refractivity contribution in [2.45, 2.75) is 38.5 Å². The fourth-order valence-corrected chi connectivity index (χ4v) is 4.36. The third-order valence-electron chi connectivity index (χ3n) is 6.00. The molecule has 0 aliphatic carbocycles. The van der Waals surface area contributed by atoms with Gasteiger partial charge in [0.1, 0.15) is 0 Å². The highest BCUT2D eigenvalue weighted by atomic mass is 16.2. The van der Waals surface area contributed by atoms with Crippen molar-refractivity contribution in [1.29, 1.82) is 0 Å². The lowest BCUT2D eigenvalue weighted by Crippen LogP contribution is -2.38. The summed E-state index contributed by atoms with van der Waals surface area (Å²) in [6.45, 7) is 9.29. The Labute approximate surface area is 152 Å². The lowest BCUT2D eigenvalue weighted by molar-refractivity contribution is -0.130. The summed E-state index contributed by atoms with van der Waals surface area (Å²) in [4.78, 5) is 16.9. The Bertz CT molecular complexity index is 548. The van der Waals surface area contributed by atoms with Crippen LogP contribution in [0.4, 0.5) is 0 Å². The lowest BCUT2D eigenvalue weighted by Gasteiger charge is -2.34. The van der Waals surface area contributed by atoms with Gasteiger partial charge in [-0.15, -0.1) is 6.58 Å². The van der Waals surface area contributed by atoms with E-state index in [1.165, 1.54) is 44.5 Å². The predicted molar refractivity (Wildman–Crippen MR) is 103 cm³/mol. The van der Waals surface area contributed by atoms with Gasteiger partial charge in [-0.2, -0.15) is 0 Å². The van der Waals surface area contributed by atoms with E-state index in [1.807, 2.05) is 6.08 Å². The van der Waals surface area contributed by atoms with Gasteiger partial charge in [-0.3, -0.25) is 4.79 Å². The van der Waals surface area contributed by atoms with Crippen molar-refractivity contribution < 1.29 is 4.79 Å². The maximum absolute atomic E-state index is 12.2. The number of carbonyl (C=O) groups is 1. The van der Waals surface area contributed by atoms with Crippen LogP contribution in [0, 0.1) is 11.8 Å². The molecule has 0 aromatic heterocycles. The Hall–Kier alpha value is -1.61. The molecule has 2 fully saturated rings. The van der Waals surface area contributed by atoms with Crippen LogP contribution in [0.2, 0.25) is 0 Å². The maximum atomic E-state index is 12.2. The highest BCUT2D eigenvalue weighted by molar-refractivity contribution is 5.76. The summed E-state index contributed by atoms with van der Waals surface area (Å²) in [6.07, 6.45) is 8.24. The lowest BCUT2D eigenvalue weighted by atomic mass is 9.83. The van der Waals surface area contributed by atoms with Gasteiger partial charge in [0, 0.05) is 26.1 Å².